The van der Waals surface area contributed by atoms with Crippen molar-refractivity contribution in [1.29, 1.82) is 0 Å². The molecule has 0 spiro atoms. The predicted octanol–water partition coefficient (Wildman–Crippen LogP) is 2.95. The first-order chi connectivity index (χ1) is 9.39. The van der Waals surface area contributed by atoms with Gasteiger partial charge in [-0.05, 0) is 42.7 Å². The zero-order chi connectivity index (χ0) is 14.8. The lowest BCUT2D eigenvalue weighted by Gasteiger charge is -2.29. The Morgan fingerprint density at radius 2 is 2.10 bits per heavy atom. The third kappa shape index (κ3) is 3.30. The Kier molecular flexibility index (Phi) is 4.31. The lowest BCUT2D eigenvalue weighted by atomic mass is 9.77. The molecule has 1 atom stereocenters. The maximum atomic E-state index is 12.5. The maximum absolute atomic E-state index is 12.5. The fourth-order valence-electron chi connectivity index (χ4n) is 2.91. The molecule has 1 fully saturated rings. The summed E-state index contributed by atoms with van der Waals surface area (Å²) in [7, 11) is 0. The van der Waals surface area contributed by atoms with Crippen LogP contribution in [-0.2, 0) is 0 Å². The summed E-state index contributed by atoms with van der Waals surface area (Å²) in [6.07, 6.45) is 4.92. The van der Waals surface area contributed by atoms with E-state index in [2.05, 4.69) is 25.8 Å². The Morgan fingerprint density at radius 3 is 2.75 bits per heavy atom. The van der Waals surface area contributed by atoms with E-state index < -0.39 is 0 Å². The van der Waals surface area contributed by atoms with Gasteiger partial charge in [0.15, 0.2) is 5.69 Å². The molecule has 1 unspecified atom stereocenters. The number of aromatic nitrogens is 1. The van der Waals surface area contributed by atoms with Crippen molar-refractivity contribution in [1.82, 2.24) is 9.88 Å². The summed E-state index contributed by atoms with van der Waals surface area (Å²) in [4.78, 5) is 18.6. The lowest BCUT2D eigenvalue weighted by molar-refractivity contribution is 0.0751. The highest BCUT2D eigenvalue weighted by molar-refractivity contribution is 5.97. The van der Waals surface area contributed by atoms with Gasteiger partial charge in [0, 0.05) is 19.3 Å². The third-order valence-electron chi connectivity index (χ3n) is 4.28. The van der Waals surface area contributed by atoms with Gasteiger partial charge in [0.1, 0.15) is 0 Å². The number of pyridine rings is 1. The zero-order valence-electron chi connectivity index (χ0n) is 12.7. The molecule has 1 aliphatic heterocycles. The first-order valence-electron chi connectivity index (χ1n) is 7.39. The Labute approximate surface area is 121 Å². The number of nitrogen functional groups attached to an aromatic ring is 1. The van der Waals surface area contributed by atoms with Crippen molar-refractivity contribution >= 4 is 11.6 Å². The van der Waals surface area contributed by atoms with E-state index in [1.165, 1.54) is 6.42 Å². The molecule has 0 saturated carbocycles. The molecule has 0 aromatic carbocycles. The number of rotatable bonds is 1. The quantitative estimate of drug-likeness (QED) is 0.857. The highest BCUT2D eigenvalue weighted by Gasteiger charge is 2.29. The number of hydrogen-bond acceptors (Lipinski definition) is 3. The van der Waals surface area contributed by atoms with E-state index >= 15 is 0 Å². The monoisotopic (exact) mass is 275 g/mol. The van der Waals surface area contributed by atoms with Gasteiger partial charge in [-0.3, -0.25) is 4.79 Å². The van der Waals surface area contributed by atoms with Crippen molar-refractivity contribution < 1.29 is 4.79 Å². The Hall–Kier alpha value is -1.58. The fourth-order valence-corrected chi connectivity index (χ4v) is 2.91. The summed E-state index contributed by atoms with van der Waals surface area (Å²) >= 11 is 0. The molecule has 2 rings (SSSR count). The number of anilines is 1. The smallest absolute Gasteiger partial charge is 0.274 e. The molecule has 110 valence electrons. The molecule has 1 aliphatic rings. The largest absolute Gasteiger partial charge is 0.397 e. The average molecular weight is 275 g/mol. The SMILES string of the molecule is CC(C)(C)C1CCCN(C(=O)c2ncccc2N)CC1. The van der Waals surface area contributed by atoms with Crippen LogP contribution in [0.5, 0.6) is 0 Å². The van der Waals surface area contributed by atoms with Crippen LogP contribution in [0.1, 0.15) is 50.5 Å². The summed E-state index contributed by atoms with van der Waals surface area (Å²) in [5.74, 6) is 0.638. The number of carbonyl (C=O) groups excluding carboxylic acids is 1. The molecule has 1 aromatic heterocycles. The number of nitrogens with zero attached hydrogens (tertiary/aromatic N) is 2. The molecule has 4 nitrogen and oxygen atoms in total. The van der Waals surface area contributed by atoms with Gasteiger partial charge in [0.05, 0.1) is 5.69 Å². The molecular formula is C16H25N3O. The van der Waals surface area contributed by atoms with E-state index in [0.717, 1.165) is 25.9 Å². The zero-order valence-corrected chi connectivity index (χ0v) is 12.7. The van der Waals surface area contributed by atoms with Crippen LogP contribution in [0.4, 0.5) is 5.69 Å². The van der Waals surface area contributed by atoms with Gasteiger partial charge < -0.3 is 10.6 Å². The number of carbonyl (C=O) groups is 1. The first kappa shape index (κ1) is 14.8. The topological polar surface area (TPSA) is 59.2 Å². The minimum absolute atomic E-state index is 0.0299. The van der Waals surface area contributed by atoms with Crippen LogP contribution in [0.25, 0.3) is 0 Å². The highest BCUT2D eigenvalue weighted by atomic mass is 16.2. The van der Waals surface area contributed by atoms with Gasteiger partial charge in [-0.15, -0.1) is 0 Å². The second kappa shape index (κ2) is 5.81. The summed E-state index contributed by atoms with van der Waals surface area (Å²) in [6.45, 7) is 8.46. The maximum Gasteiger partial charge on any atom is 0.274 e. The number of amides is 1. The first-order valence-corrected chi connectivity index (χ1v) is 7.39. The molecule has 4 heteroatoms. The van der Waals surface area contributed by atoms with Crippen molar-refractivity contribution in [3.8, 4) is 0 Å². The van der Waals surface area contributed by atoms with Crippen LogP contribution in [0, 0.1) is 11.3 Å². The lowest BCUT2D eigenvalue weighted by Crippen LogP contribution is -2.33. The normalized spacial score (nSPS) is 20.6. The van der Waals surface area contributed by atoms with Gasteiger partial charge >= 0.3 is 0 Å². The van der Waals surface area contributed by atoms with Crippen LogP contribution in [0.2, 0.25) is 0 Å². The van der Waals surface area contributed by atoms with Gasteiger partial charge in [0.25, 0.3) is 5.91 Å². The summed E-state index contributed by atoms with van der Waals surface area (Å²) in [5, 5.41) is 0. The molecule has 2 N–H and O–H groups in total. The third-order valence-corrected chi connectivity index (χ3v) is 4.28. The molecule has 20 heavy (non-hydrogen) atoms. The Bertz CT molecular complexity index is 479. The molecule has 1 aromatic rings. The van der Waals surface area contributed by atoms with Crippen LogP contribution in [0.3, 0.4) is 0 Å². The van der Waals surface area contributed by atoms with E-state index in [1.807, 2.05) is 4.90 Å². The van der Waals surface area contributed by atoms with Crippen molar-refractivity contribution in [2.75, 3.05) is 18.8 Å². The Balaban J connectivity index is 2.08. The molecule has 2 heterocycles. The van der Waals surface area contributed by atoms with E-state index in [4.69, 9.17) is 5.73 Å². The number of hydrogen-bond donors (Lipinski definition) is 1. The van der Waals surface area contributed by atoms with Gasteiger partial charge in [-0.25, -0.2) is 4.98 Å². The molecule has 1 amide bonds. The Morgan fingerprint density at radius 1 is 1.35 bits per heavy atom. The number of nitrogens with two attached hydrogens (primary N) is 1. The highest BCUT2D eigenvalue weighted by Crippen LogP contribution is 2.34. The standard InChI is InChI=1S/C16H25N3O/c1-16(2,3)12-6-5-10-19(11-8-12)15(20)14-13(17)7-4-9-18-14/h4,7,9,12H,5-6,8,10-11,17H2,1-3H3. The van der Waals surface area contributed by atoms with E-state index in [1.54, 1.807) is 18.3 Å². The summed E-state index contributed by atoms with van der Waals surface area (Å²) in [6, 6.07) is 3.49. The van der Waals surface area contributed by atoms with E-state index in [9.17, 15) is 4.79 Å². The van der Waals surface area contributed by atoms with Gasteiger partial charge in [-0.2, -0.15) is 0 Å². The van der Waals surface area contributed by atoms with Crippen LogP contribution in [0.15, 0.2) is 18.3 Å². The van der Waals surface area contributed by atoms with Crippen LogP contribution >= 0.6 is 0 Å². The predicted molar refractivity (Wildman–Crippen MR) is 81.3 cm³/mol. The molecule has 1 saturated heterocycles. The van der Waals surface area contributed by atoms with Crippen LogP contribution in [-0.4, -0.2) is 28.9 Å². The van der Waals surface area contributed by atoms with E-state index in [0.29, 0.717) is 22.7 Å². The average Bonchev–Trinajstić information content (AvgIpc) is 2.63. The van der Waals surface area contributed by atoms with Crippen molar-refractivity contribution in [2.45, 2.75) is 40.0 Å². The molecular weight excluding hydrogens is 250 g/mol. The molecule has 0 aliphatic carbocycles. The van der Waals surface area contributed by atoms with Crippen molar-refractivity contribution in [3.63, 3.8) is 0 Å². The minimum atomic E-state index is -0.0299. The summed E-state index contributed by atoms with van der Waals surface area (Å²) < 4.78 is 0. The summed E-state index contributed by atoms with van der Waals surface area (Å²) in [5.41, 5.74) is 7.02. The van der Waals surface area contributed by atoms with Crippen LogP contribution < -0.4 is 5.73 Å². The van der Waals surface area contributed by atoms with Gasteiger partial charge in [-0.1, -0.05) is 20.8 Å². The van der Waals surface area contributed by atoms with E-state index in [-0.39, 0.29) is 5.91 Å². The van der Waals surface area contributed by atoms with Gasteiger partial charge in [0.2, 0.25) is 0 Å². The second-order valence-electron chi connectivity index (χ2n) is 6.73. The van der Waals surface area contributed by atoms with Crippen molar-refractivity contribution in [2.24, 2.45) is 11.3 Å². The minimum Gasteiger partial charge on any atom is -0.397 e. The van der Waals surface area contributed by atoms with Crippen molar-refractivity contribution in [3.05, 3.63) is 24.0 Å². The second-order valence-corrected chi connectivity index (χ2v) is 6.73. The molecule has 0 radical (unpaired) electrons. The number of likely N-dealkylation sites (tertiary alicyclic amines) is 1. The molecule has 0 bridgehead atoms. The fraction of sp³-hybridized carbons (Fsp3) is 0.625.